The fraction of sp³-hybridized carbons (Fsp3) is 0.429. The highest BCUT2D eigenvalue weighted by atomic mass is 35.5. The van der Waals surface area contributed by atoms with Gasteiger partial charge in [-0.3, -0.25) is 0 Å². The van der Waals surface area contributed by atoms with Crippen LogP contribution in [0.15, 0.2) is 24.3 Å². The van der Waals surface area contributed by atoms with Crippen molar-refractivity contribution in [3.8, 4) is 0 Å². The van der Waals surface area contributed by atoms with E-state index in [9.17, 15) is 5.11 Å². The summed E-state index contributed by atoms with van der Waals surface area (Å²) in [5.74, 6) is 0.867. The minimum absolute atomic E-state index is 0.269. The van der Waals surface area contributed by atoms with Gasteiger partial charge in [-0.25, -0.2) is 4.98 Å². The summed E-state index contributed by atoms with van der Waals surface area (Å²) in [6.45, 7) is 3.45. The van der Waals surface area contributed by atoms with Crippen LogP contribution in [-0.4, -0.2) is 33.8 Å². The van der Waals surface area contributed by atoms with Crippen molar-refractivity contribution >= 4 is 28.3 Å². The summed E-state index contributed by atoms with van der Waals surface area (Å²) in [7, 11) is 0. The molecule has 4 nitrogen and oxygen atoms in total. The Morgan fingerprint density at radius 2 is 1.89 bits per heavy atom. The number of anilines is 1. The second-order valence-electron chi connectivity index (χ2n) is 5.32. The molecular weight excluding hydrogens is 262 g/mol. The van der Waals surface area contributed by atoms with E-state index in [1.165, 1.54) is 0 Å². The lowest BCUT2D eigenvalue weighted by Gasteiger charge is -2.36. The zero-order valence-corrected chi connectivity index (χ0v) is 11.6. The van der Waals surface area contributed by atoms with E-state index in [1.807, 2.05) is 31.2 Å². The summed E-state index contributed by atoms with van der Waals surface area (Å²) in [4.78, 5) is 10.8. The van der Waals surface area contributed by atoms with Gasteiger partial charge < -0.3 is 10.0 Å². The second-order valence-corrected chi connectivity index (χ2v) is 5.66. The lowest BCUT2D eigenvalue weighted by molar-refractivity contribution is 0.0350. The van der Waals surface area contributed by atoms with Gasteiger partial charge in [0.1, 0.15) is 5.82 Å². The Kier molecular flexibility index (Phi) is 3.07. The Bertz CT molecular complexity index is 605. The number of piperidine rings is 1. The number of aromatic nitrogens is 2. The number of para-hydroxylation sites is 1. The molecule has 0 bridgehead atoms. The van der Waals surface area contributed by atoms with Gasteiger partial charge >= 0.3 is 0 Å². The lowest BCUT2D eigenvalue weighted by atomic mass is 9.94. The van der Waals surface area contributed by atoms with Gasteiger partial charge in [0.15, 0.2) is 0 Å². The molecule has 0 saturated carbocycles. The molecule has 3 rings (SSSR count). The van der Waals surface area contributed by atoms with Crippen molar-refractivity contribution in [2.75, 3.05) is 18.0 Å². The normalized spacial score (nSPS) is 18.8. The van der Waals surface area contributed by atoms with E-state index >= 15 is 0 Å². The highest BCUT2D eigenvalue weighted by Crippen LogP contribution is 2.30. The van der Waals surface area contributed by atoms with E-state index in [0.29, 0.717) is 0 Å². The molecule has 1 N–H and O–H groups in total. The van der Waals surface area contributed by atoms with E-state index < -0.39 is 5.60 Å². The molecule has 0 radical (unpaired) electrons. The molecule has 1 aromatic carbocycles. The molecule has 19 heavy (non-hydrogen) atoms. The van der Waals surface area contributed by atoms with E-state index in [1.54, 1.807) is 0 Å². The summed E-state index contributed by atoms with van der Waals surface area (Å²) in [6, 6.07) is 7.86. The van der Waals surface area contributed by atoms with Crippen LogP contribution in [-0.2, 0) is 0 Å². The summed E-state index contributed by atoms with van der Waals surface area (Å²) >= 11 is 6.00. The van der Waals surface area contributed by atoms with Crippen LogP contribution in [0.2, 0.25) is 5.28 Å². The molecule has 1 aromatic heterocycles. The number of hydrogen-bond donors (Lipinski definition) is 1. The Hall–Kier alpha value is -1.39. The molecule has 5 heteroatoms. The number of benzene rings is 1. The molecule has 0 spiro atoms. The smallest absolute Gasteiger partial charge is 0.224 e. The summed E-state index contributed by atoms with van der Waals surface area (Å²) in [5.41, 5.74) is 0.290. The van der Waals surface area contributed by atoms with Crippen LogP contribution in [0.1, 0.15) is 19.8 Å². The fourth-order valence-electron chi connectivity index (χ4n) is 2.47. The van der Waals surface area contributed by atoms with Gasteiger partial charge in [0.25, 0.3) is 0 Å². The first kappa shape index (κ1) is 12.6. The number of hydrogen-bond acceptors (Lipinski definition) is 4. The van der Waals surface area contributed by atoms with Crippen molar-refractivity contribution in [1.82, 2.24) is 9.97 Å². The standard InChI is InChI=1S/C14H16ClN3O/c1-14(19)6-8-18(9-7-14)12-10-4-2-3-5-11(10)16-13(15)17-12/h2-5,19H,6-9H2,1H3. The van der Waals surface area contributed by atoms with Crippen LogP contribution < -0.4 is 4.90 Å². The quantitative estimate of drug-likeness (QED) is 0.814. The Balaban J connectivity index is 2.01. The van der Waals surface area contributed by atoms with E-state index in [0.717, 1.165) is 42.7 Å². The van der Waals surface area contributed by atoms with Gasteiger partial charge in [-0.1, -0.05) is 12.1 Å². The Labute approximate surface area is 117 Å². The van der Waals surface area contributed by atoms with Crippen molar-refractivity contribution in [3.05, 3.63) is 29.5 Å². The van der Waals surface area contributed by atoms with Crippen LogP contribution >= 0.6 is 11.6 Å². The van der Waals surface area contributed by atoms with Gasteiger partial charge in [0.05, 0.1) is 11.1 Å². The lowest BCUT2D eigenvalue weighted by Crippen LogP contribution is -2.42. The number of aliphatic hydroxyl groups is 1. The van der Waals surface area contributed by atoms with Gasteiger partial charge in [0, 0.05) is 18.5 Å². The third-order valence-electron chi connectivity index (χ3n) is 3.70. The second kappa shape index (κ2) is 4.62. The first-order chi connectivity index (χ1) is 9.05. The molecule has 1 aliphatic rings. The molecular formula is C14H16ClN3O. The maximum atomic E-state index is 10.0. The molecule has 100 valence electrons. The van der Waals surface area contributed by atoms with Gasteiger partial charge in [-0.2, -0.15) is 4.98 Å². The van der Waals surface area contributed by atoms with Crippen LogP contribution in [0.4, 0.5) is 5.82 Å². The van der Waals surface area contributed by atoms with Gasteiger partial charge in [0.2, 0.25) is 5.28 Å². The first-order valence-electron chi connectivity index (χ1n) is 6.45. The van der Waals surface area contributed by atoms with Crippen LogP contribution in [0.25, 0.3) is 10.9 Å². The van der Waals surface area contributed by atoms with Crippen molar-refractivity contribution in [2.45, 2.75) is 25.4 Å². The monoisotopic (exact) mass is 277 g/mol. The molecule has 0 aliphatic carbocycles. The fourth-order valence-corrected chi connectivity index (χ4v) is 2.64. The molecule has 0 atom stereocenters. The predicted molar refractivity (Wildman–Crippen MR) is 76.6 cm³/mol. The van der Waals surface area contributed by atoms with Crippen LogP contribution in [0.5, 0.6) is 0 Å². The van der Waals surface area contributed by atoms with Crippen molar-refractivity contribution in [1.29, 1.82) is 0 Å². The molecule has 2 heterocycles. The van der Waals surface area contributed by atoms with Gasteiger partial charge in [-0.05, 0) is 43.5 Å². The minimum Gasteiger partial charge on any atom is -0.390 e. The van der Waals surface area contributed by atoms with Crippen molar-refractivity contribution < 1.29 is 5.11 Å². The zero-order valence-electron chi connectivity index (χ0n) is 10.8. The topological polar surface area (TPSA) is 49.2 Å². The summed E-state index contributed by atoms with van der Waals surface area (Å²) in [5, 5.41) is 11.3. The molecule has 1 saturated heterocycles. The summed E-state index contributed by atoms with van der Waals surface area (Å²) in [6.07, 6.45) is 1.48. The van der Waals surface area contributed by atoms with Crippen LogP contribution in [0.3, 0.4) is 0 Å². The average Bonchev–Trinajstić information content (AvgIpc) is 2.38. The molecule has 2 aromatic rings. The van der Waals surface area contributed by atoms with E-state index in [2.05, 4.69) is 14.9 Å². The Morgan fingerprint density at radius 3 is 2.63 bits per heavy atom. The predicted octanol–water partition coefficient (Wildman–Crippen LogP) is 2.63. The van der Waals surface area contributed by atoms with Crippen molar-refractivity contribution in [3.63, 3.8) is 0 Å². The van der Waals surface area contributed by atoms with E-state index in [4.69, 9.17) is 11.6 Å². The highest BCUT2D eigenvalue weighted by Gasteiger charge is 2.28. The third-order valence-corrected chi connectivity index (χ3v) is 3.86. The van der Waals surface area contributed by atoms with Crippen molar-refractivity contribution in [2.24, 2.45) is 0 Å². The average molecular weight is 278 g/mol. The number of nitrogens with zero attached hydrogens (tertiary/aromatic N) is 3. The maximum absolute atomic E-state index is 10.0. The zero-order chi connectivity index (χ0) is 13.5. The summed E-state index contributed by atoms with van der Waals surface area (Å²) < 4.78 is 0. The SMILES string of the molecule is CC1(O)CCN(c2nc(Cl)nc3ccccc23)CC1. The molecule has 1 fully saturated rings. The third kappa shape index (κ3) is 2.51. The van der Waals surface area contributed by atoms with Crippen LogP contribution in [0, 0.1) is 0 Å². The number of rotatable bonds is 1. The first-order valence-corrected chi connectivity index (χ1v) is 6.83. The number of fused-ring (bicyclic) bond motifs is 1. The van der Waals surface area contributed by atoms with Gasteiger partial charge in [-0.15, -0.1) is 0 Å². The minimum atomic E-state index is -0.566. The number of halogens is 1. The Morgan fingerprint density at radius 1 is 1.21 bits per heavy atom. The largest absolute Gasteiger partial charge is 0.390 e. The molecule has 0 unspecified atom stereocenters. The highest BCUT2D eigenvalue weighted by molar-refractivity contribution is 6.28. The molecule has 1 aliphatic heterocycles. The van der Waals surface area contributed by atoms with E-state index in [-0.39, 0.29) is 5.28 Å². The molecule has 0 amide bonds. The maximum Gasteiger partial charge on any atom is 0.224 e.